The van der Waals surface area contributed by atoms with Crippen molar-refractivity contribution in [1.82, 2.24) is 9.55 Å². The van der Waals surface area contributed by atoms with Crippen LogP contribution in [0.15, 0.2) is 6.20 Å². The maximum absolute atomic E-state index is 4.55. The molecule has 0 bridgehead atoms. The van der Waals surface area contributed by atoms with Gasteiger partial charge in [0.15, 0.2) is 0 Å². The standard InChI is InChI=1S/C14H25N3/c1-3-10-17-11-12(2)16-14(17)15-9-8-13-6-4-5-7-13/h11,13H,3-10H2,1-2H3,(H,15,16). The van der Waals surface area contributed by atoms with Gasteiger partial charge >= 0.3 is 0 Å². The number of nitrogens with zero attached hydrogens (tertiary/aromatic N) is 2. The van der Waals surface area contributed by atoms with E-state index in [0.717, 1.165) is 37.1 Å². The molecule has 1 N–H and O–H groups in total. The Morgan fingerprint density at radius 2 is 2.18 bits per heavy atom. The normalized spacial score (nSPS) is 16.6. The molecule has 2 rings (SSSR count). The quantitative estimate of drug-likeness (QED) is 0.816. The third kappa shape index (κ3) is 3.48. The molecule has 1 aliphatic carbocycles. The van der Waals surface area contributed by atoms with E-state index in [0.29, 0.717) is 0 Å². The fourth-order valence-electron chi connectivity index (χ4n) is 2.79. The van der Waals surface area contributed by atoms with Crippen LogP contribution in [0, 0.1) is 12.8 Å². The van der Waals surface area contributed by atoms with Crippen LogP contribution in [0.5, 0.6) is 0 Å². The molecule has 0 atom stereocenters. The molecule has 1 aromatic rings. The summed E-state index contributed by atoms with van der Waals surface area (Å²) in [7, 11) is 0. The Bertz CT molecular complexity index is 337. The smallest absolute Gasteiger partial charge is 0.203 e. The van der Waals surface area contributed by atoms with Crippen LogP contribution in [0.25, 0.3) is 0 Å². The maximum Gasteiger partial charge on any atom is 0.203 e. The molecule has 0 aromatic carbocycles. The predicted molar refractivity (Wildman–Crippen MR) is 72.3 cm³/mol. The molecule has 1 saturated carbocycles. The van der Waals surface area contributed by atoms with Gasteiger partial charge in [-0.3, -0.25) is 0 Å². The summed E-state index contributed by atoms with van der Waals surface area (Å²) in [5.74, 6) is 2.01. The first-order chi connectivity index (χ1) is 8.29. The molecule has 96 valence electrons. The molecule has 3 heteroatoms. The molecular formula is C14H25N3. The van der Waals surface area contributed by atoms with Gasteiger partial charge in [0.2, 0.25) is 5.95 Å². The van der Waals surface area contributed by atoms with Crippen LogP contribution >= 0.6 is 0 Å². The number of aromatic nitrogens is 2. The van der Waals surface area contributed by atoms with Gasteiger partial charge < -0.3 is 9.88 Å². The summed E-state index contributed by atoms with van der Waals surface area (Å²) in [5, 5.41) is 3.50. The number of hydrogen-bond donors (Lipinski definition) is 1. The van der Waals surface area contributed by atoms with Crippen molar-refractivity contribution >= 4 is 5.95 Å². The van der Waals surface area contributed by atoms with E-state index in [-0.39, 0.29) is 0 Å². The first-order valence-corrected chi connectivity index (χ1v) is 7.07. The molecule has 3 nitrogen and oxygen atoms in total. The summed E-state index contributed by atoms with van der Waals surface area (Å²) in [4.78, 5) is 4.55. The molecule has 0 saturated heterocycles. The van der Waals surface area contributed by atoms with Crippen molar-refractivity contribution in [2.75, 3.05) is 11.9 Å². The molecule has 1 aromatic heterocycles. The van der Waals surface area contributed by atoms with Crippen LogP contribution in [0.2, 0.25) is 0 Å². The lowest BCUT2D eigenvalue weighted by Crippen LogP contribution is -2.11. The van der Waals surface area contributed by atoms with E-state index in [1.54, 1.807) is 0 Å². The molecule has 0 radical (unpaired) electrons. The fourth-order valence-corrected chi connectivity index (χ4v) is 2.79. The number of aryl methyl sites for hydroxylation is 2. The third-order valence-electron chi connectivity index (χ3n) is 3.67. The summed E-state index contributed by atoms with van der Waals surface area (Å²) >= 11 is 0. The van der Waals surface area contributed by atoms with Crippen LogP contribution in [0.1, 0.15) is 51.1 Å². The molecule has 1 fully saturated rings. The summed E-state index contributed by atoms with van der Waals surface area (Å²) < 4.78 is 2.24. The van der Waals surface area contributed by atoms with Gasteiger partial charge in [-0.05, 0) is 25.7 Å². The zero-order valence-electron chi connectivity index (χ0n) is 11.2. The van der Waals surface area contributed by atoms with E-state index in [9.17, 15) is 0 Å². The highest BCUT2D eigenvalue weighted by molar-refractivity contribution is 5.28. The summed E-state index contributed by atoms with van der Waals surface area (Å²) in [6.45, 7) is 6.41. The monoisotopic (exact) mass is 235 g/mol. The number of imidazole rings is 1. The molecule has 0 unspecified atom stereocenters. The van der Waals surface area contributed by atoms with Crippen LogP contribution < -0.4 is 5.32 Å². The van der Waals surface area contributed by atoms with Gasteiger partial charge in [-0.25, -0.2) is 4.98 Å². The Labute approximate surface area is 105 Å². The minimum absolute atomic E-state index is 0.957. The van der Waals surface area contributed by atoms with Gasteiger partial charge in [0.05, 0.1) is 5.69 Å². The predicted octanol–water partition coefficient (Wildman–Crippen LogP) is 3.59. The van der Waals surface area contributed by atoms with E-state index in [2.05, 4.69) is 34.9 Å². The number of hydrogen-bond acceptors (Lipinski definition) is 2. The first-order valence-electron chi connectivity index (χ1n) is 7.07. The third-order valence-corrected chi connectivity index (χ3v) is 3.67. The highest BCUT2D eigenvalue weighted by Crippen LogP contribution is 2.27. The minimum Gasteiger partial charge on any atom is -0.356 e. The van der Waals surface area contributed by atoms with Gasteiger partial charge in [-0.2, -0.15) is 0 Å². The highest BCUT2D eigenvalue weighted by atomic mass is 15.2. The Hall–Kier alpha value is -0.990. The maximum atomic E-state index is 4.55. The summed E-state index contributed by atoms with van der Waals surface area (Å²) in [5.41, 5.74) is 1.11. The fraction of sp³-hybridized carbons (Fsp3) is 0.786. The van der Waals surface area contributed by atoms with Crippen LogP contribution in [0.3, 0.4) is 0 Å². The van der Waals surface area contributed by atoms with Crippen molar-refractivity contribution in [1.29, 1.82) is 0 Å². The van der Waals surface area contributed by atoms with Crippen molar-refractivity contribution in [2.45, 2.75) is 58.9 Å². The number of rotatable bonds is 6. The van der Waals surface area contributed by atoms with E-state index >= 15 is 0 Å². The lowest BCUT2D eigenvalue weighted by Gasteiger charge is -2.11. The second kappa shape index (κ2) is 6.08. The molecule has 0 aliphatic heterocycles. The molecule has 17 heavy (non-hydrogen) atoms. The largest absolute Gasteiger partial charge is 0.356 e. The Morgan fingerprint density at radius 3 is 2.88 bits per heavy atom. The van der Waals surface area contributed by atoms with Crippen LogP contribution in [-0.4, -0.2) is 16.1 Å². The van der Waals surface area contributed by atoms with E-state index in [1.807, 2.05) is 0 Å². The zero-order valence-corrected chi connectivity index (χ0v) is 11.2. The average Bonchev–Trinajstić information content (AvgIpc) is 2.90. The second-order valence-electron chi connectivity index (χ2n) is 5.27. The Kier molecular flexibility index (Phi) is 4.46. The molecular weight excluding hydrogens is 210 g/mol. The Morgan fingerprint density at radius 1 is 1.41 bits per heavy atom. The average molecular weight is 235 g/mol. The highest BCUT2D eigenvalue weighted by Gasteiger charge is 2.14. The van der Waals surface area contributed by atoms with E-state index in [1.165, 1.54) is 32.1 Å². The number of anilines is 1. The van der Waals surface area contributed by atoms with E-state index in [4.69, 9.17) is 0 Å². The zero-order chi connectivity index (χ0) is 12.1. The molecule has 1 heterocycles. The molecule has 1 aliphatic rings. The van der Waals surface area contributed by atoms with Crippen molar-refractivity contribution in [3.05, 3.63) is 11.9 Å². The number of nitrogens with one attached hydrogen (secondary N) is 1. The SMILES string of the molecule is CCCn1cc(C)nc1NCCC1CCCC1. The van der Waals surface area contributed by atoms with Crippen LogP contribution in [0.4, 0.5) is 5.95 Å². The van der Waals surface area contributed by atoms with Gasteiger partial charge in [-0.15, -0.1) is 0 Å². The lowest BCUT2D eigenvalue weighted by molar-refractivity contribution is 0.517. The van der Waals surface area contributed by atoms with Gasteiger partial charge in [0, 0.05) is 19.3 Å². The van der Waals surface area contributed by atoms with Crippen molar-refractivity contribution in [2.24, 2.45) is 5.92 Å². The topological polar surface area (TPSA) is 29.9 Å². The van der Waals surface area contributed by atoms with Crippen LogP contribution in [-0.2, 0) is 6.54 Å². The minimum atomic E-state index is 0.957. The molecule has 0 spiro atoms. The Balaban J connectivity index is 1.80. The van der Waals surface area contributed by atoms with Crippen molar-refractivity contribution < 1.29 is 0 Å². The van der Waals surface area contributed by atoms with Gasteiger partial charge in [0.25, 0.3) is 0 Å². The van der Waals surface area contributed by atoms with Gasteiger partial charge in [0.1, 0.15) is 0 Å². The lowest BCUT2D eigenvalue weighted by atomic mass is 10.0. The van der Waals surface area contributed by atoms with Crippen molar-refractivity contribution in [3.63, 3.8) is 0 Å². The van der Waals surface area contributed by atoms with Crippen molar-refractivity contribution in [3.8, 4) is 0 Å². The van der Waals surface area contributed by atoms with E-state index < -0.39 is 0 Å². The first kappa shape index (κ1) is 12.5. The van der Waals surface area contributed by atoms with Gasteiger partial charge in [-0.1, -0.05) is 32.6 Å². The summed E-state index contributed by atoms with van der Waals surface area (Å²) in [6.07, 6.45) is 10.4. The summed E-state index contributed by atoms with van der Waals surface area (Å²) in [6, 6.07) is 0. The second-order valence-corrected chi connectivity index (χ2v) is 5.27. The molecule has 0 amide bonds.